The summed E-state index contributed by atoms with van der Waals surface area (Å²) in [4.78, 5) is 29.6. The van der Waals surface area contributed by atoms with Crippen molar-refractivity contribution in [1.29, 1.82) is 0 Å². The van der Waals surface area contributed by atoms with Crippen molar-refractivity contribution in [1.82, 2.24) is 19.9 Å². The van der Waals surface area contributed by atoms with Crippen LogP contribution in [0.4, 0.5) is 11.4 Å². The predicted molar refractivity (Wildman–Crippen MR) is 193 cm³/mol. The Morgan fingerprint density at radius 3 is 1.10 bits per heavy atom. The largest absolute Gasteiger partial charge is 0.265 e. The molecule has 0 aliphatic carbocycles. The van der Waals surface area contributed by atoms with Crippen molar-refractivity contribution in [3.63, 3.8) is 0 Å². The molecule has 9 rings (SSSR count). The van der Waals surface area contributed by atoms with E-state index in [1.165, 1.54) is 0 Å². The van der Waals surface area contributed by atoms with Gasteiger partial charge in [0.1, 0.15) is 11.4 Å². The molecule has 0 fully saturated rings. The maximum absolute atomic E-state index is 5.40. The van der Waals surface area contributed by atoms with E-state index in [1.54, 1.807) is 0 Å². The molecule has 0 atom stereocenters. The van der Waals surface area contributed by atoms with Gasteiger partial charge in [0.05, 0.1) is 33.8 Å². The Bertz CT molecular complexity index is 2340. The van der Waals surface area contributed by atoms with Gasteiger partial charge in [-0.3, -0.25) is 9.97 Å². The van der Waals surface area contributed by atoms with E-state index >= 15 is 0 Å². The average molecular weight is 615 g/mol. The first-order valence-electron chi connectivity index (χ1n) is 15.8. The average Bonchev–Trinajstić information content (AvgIpc) is 3.16. The van der Waals surface area contributed by atoms with Crippen LogP contribution in [0.15, 0.2) is 168 Å². The molecule has 0 N–H and O–H groups in total. The molecule has 0 radical (unpaired) electrons. The second-order valence-electron chi connectivity index (χ2n) is 11.6. The van der Waals surface area contributed by atoms with E-state index in [4.69, 9.17) is 20.0 Å². The van der Waals surface area contributed by atoms with Gasteiger partial charge in [0.25, 0.3) is 0 Å². The van der Waals surface area contributed by atoms with Gasteiger partial charge in [0.2, 0.25) is 0 Å². The molecule has 8 aromatic rings. The summed E-state index contributed by atoms with van der Waals surface area (Å²) in [5.74, 6) is 0. The number of benzene rings is 4. The first-order valence-corrected chi connectivity index (χ1v) is 15.8. The first kappa shape index (κ1) is 27.6. The summed E-state index contributed by atoms with van der Waals surface area (Å²) >= 11 is 0. The third-order valence-corrected chi connectivity index (χ3v) is 8.66. The van der Waals surface area contributed by atoms with Gasteiger partial charge in [-0.1, -0.05) is 84.9 Å². The molecule has 224 valence electrons. The van der Waals surface area contributed by atoms with Crippen LogP contribution in [0.3, 0.4) is 0 Å². The highest BCUT2D eigenvalue weighted by atomic mass is 14.9. The normalized spacial score (nSPS) is 12.4. The van der Waals surface area contributed by atoms with Crippen LogP contribution in [-0.4, -0.2) is 31.4 Å². The second kappa shape index (κ2) is 11.6. The van der Waals surface area contributed by atoms with E-state index in [0.29, 0.717) is 0 Å². The predicted octanol–water partition coefficient (Wildman–Crippen LogP) is 9.56. The first-order chi connectivity index (χ1) is 23.8. The van der Waals surface area contributed by atoms with Crippen molar-refractivity contribution in [2.24, 2.45) is 9.98 Å². The van der Waals surface area contributed by atoms with Gasteiger partial charge in [-0.15, -0.1) is 0 Å². The number of nitrogens with zero attached hydrogens (tertiary/aromatic N) is 6. The Kier molecular flexibility index (Phi) is 6.68. The zero-order valence-electron chi connectivity index (χ0n) is 25.7. The molecule has 1 aliphatic heterocycles. The van der Waals surface area contributed by atoms with Crippen molar-refractivity contribution in [2.45, 2.75) is 0 Å². The lowest BCUT2D eigenvalue weighted by molar-refractivity contribution is 1.27. The number of pyridine rings is 4. The molecule has 4 aromatic heterocycles. The molecule has 0 amide bonds. The fourth-order valence-corrected chi connectivity index (χ4v) is 6.21. The number of hydrogen-bond acceptors (Lipinski definition) is 6. The van der Waals surface area contributed by atoms with E-state index in [1.807, 2.05) is 85.5 Å². The van der Waals surface area contributed by atoms with Gasteiger partial charge >= 0.3 is 0 Å². The topological polar surface area (TPSA) is 76.3 Å². The number of aliphatic imine (C=N–C) groups is 2. The molecule has 0 bridgehead atoms. The molecule has 0 saturated carbocycles. The van der Waals surface area contributed by atoms with Crippen LogP contribution < -0.4 is 0 Å². The summed E-state index contributed by atoms with van der Waals surface area (Å²) < 4.78 is 0. The van der Waals surface area contributed by atoms with Crippen molar-refractivity contribution in [2.75, 3.05) is 0 Å². The lowest BCUT2D eigenvalue weighted by Gasteiger charge is -2.18. The van der Waals surface area contributed by atoms with Crippen LogP contribution in [0.25, 0.3) is 44.1 Å². The summed E-state index contributed by atoms with van der Waals surface area (Å²) in [6.07, 6.45) is 7.24. The SMILES string of the molecule is c1ccc2nc3c(cc2c1)N=C(c1ccc(-c2ccncc2)cc1)c1nc2ccccc2cc1N=C3c1ccc(-c2ccncc2)cc1. The molecule has 0 saturated heterocycles. The van der Waals surface area contributed by atoms with Crippen LogP contribution in [-0.2, 0) is 0 Å². The number of rotatable bonds is 4. The third-order valence-electron chi connectivity index (χ3n) is 8.66. The Balaban J connectivity index is 1.29. The van der Waals surface area contributed by atoms with Crippen LogP contribution in [0.1, 0.15) is 22.5 Å². The second-order valence-corrected chi connectivity index (χ2v) is 11.6. The van der Waals surface area contributed by atoms with E-state index in [-0.39, 0.29) is 0 Å². The smallest absolute Gasteiger partial charge is 0.116 e. The molecule has 0 spiro atoms. The third kappa shape index (κ3) is 5.02. The monoisotopic (exact) mass is 614 g/mol. The molecular weight excluding hydrogens is 589 g/mol. The van der Waals surface area contributed by atoms with Gasteiger partial charge in [-0.25, -0.2) is 20.0 Å². The molecule has 48 heavy (non-hydrogen) atoms. The summed E-state index contributed by atoms with van der Waals surface area (Å²) in [5.41, 5.74) is 12.4. The Labute approximate surface area is 276 Å². The zero-order valence-corrected chi connectivity index (χ0v) is 25.7. The van der Waals surface area contributed by atoms with Crippen LogP contribution >= 0.6 is 0 Å². The van der Waals surface area contributed by atoms with Crippen LogP contribution in [0, 0.1) is 0 Å². The fourth-order valence-electron chi connectivity index (χ4n) is 6.21. The van der Waals surface area contributed by atoms with Crippen molar-refractivity contribution in [3.05, 3.63) is 181 Å². The van der Waals surface area contributed by atoms with Gasteiger partial charge in [0, 0.05) is 46.7 Å². The Hall–Kier alpha value is -6.66. The van der Waals surface area contributed by atoms with Gasteiger partial charge < -0.3 is 0 Å². The van der Waals surface area contributed by atoms with Crippen molar-refractivity contribution < 1.29 is 0 Å². The molecule has 6 nitrogen and oxygen atoms in total. The number of aromatic nitrogens is 4. The Morgan fingerprint density at radius 1 is 0.333 bits per heavy atom. The molecule has 1 aliphatic rings. The summed E-state index contributed by atoms with van der Waals surface area (Å²) in [6.45, 7) is 0. The zero-order chi connectivity index (χ0) is 31.9. The Morgan fingerprint density at radius 2 is 0.688 bits per heavy atom. The molecular formula is C42H26N6. The maximum Gasteiger partial charge on any atom is 0.116 e. The lowest BCUT2D eigenvalue weighted by atomic mass is 9.97. The highest BCUT2D eigenvalue weighted by Gasteiger charge is 2.24. The summed E-state index contributed by atoms with van der Waals surface area (Å²) in [7, 11) is 0. The van der Waals surface area contributed by atoms with E-state index in [9.17, 15) is 0 Å². The van der Waals surface area contributed by atoms with Crippen LogP contribution in [0.2, 0.25) is 0 Å². The van der Waals surface area contributed by atoms with Gasteiger partial charge in [-0.05, 0) is 70.8 Å². The van der Waals surface area contributed by atoms with Crippen molar-refractivity contribution in [3.8, 4) is 22.3 Å². The number of hydrogen-bond donors (Lipinski definition) is 0. The molecule has 5 heterocycles. The molecule has 6 heteroatoms. The van der Waals surface area contributed by atoms with Gasteiger partial charge in [-0.2, -0.15) is 0 Å². The summed E-state index contributed by atoms with van der Waals surface area (Å²) in [5, 5.41) is 2.01. The van der Waals surface area contributed by atoms with E-state index < -0.39 is 0 Å². The van der Waals surface area contributed by atoms with Crippen molar-refractivity contribution >= 4 is 44.6 Å². The number of para-hydroxylation sites is 2. The minimum atomic E-state index is 0.718. The highest BCUT2D eigenvalue weighted by Crippen LogP contribution is 2.36. The minimum Gasteiger partial charge on any atom is -0.265 e. The maximum atomic E-state index is 5.40. The van der Waals surface area contributed by atoms with Crippen LogP contribution in [0.5, 0.6) is 0 Å². The minimum absolute atomic E-state index is 0.718. The highest BCUT2D eigenvalue weighted by molar-refractivity contribution is 6.22. The standard InChI is InChI=1S/C42H26N6/c1-3-7-35-33(5-1)25-37-41(45-35)39(31-13-9-27(10-14-31)29-17-21-43-22-18-29)48-38-26-34-6-2-4-8-36(34)46-42(38)40(47-37)32-15-11-28(12-16-32)30-19-23-44-24-20-30/h1-26H. The number of fused-ring (bicyclic) bond motifs is 4. The van der Waals surface area contributed by atoms with E-state index in [2.05, 4.69) is 82.8 Å². The van der Waals surface area contributed by atoms with E-state index in [0.717, 1.165) is 89.4 Å². The summed E-state index contributed by atoms with van der Waals surface area (Å²) in [6, 6.07) is 45.4. The quantitative estimate of drug-likeness (QED) is 0.198. The molecule has 4 aromatic carbocycles. The lowest BCUT2D eigenvalue weighted by Crippen LogP contribution is -2.13. The fraction of sp³-hybridized carbons (Fsp3) is 0. The van der Waals surface area contributed by atoms with Gasteiger partial charge in [0.15, 0.2) is 0 Å². The molecule has 0 unspecified atom stereocenters.